The second-order valence-electron chi connectivity index (χ2n) is 8.85. The maximum Gasteiger partial charge on any atom is 0.251 e. The number of benzene rings is 2. The van der Waals surface area contributed by atoms with Gasteiger partial charge in [-0.25, -0.2) is 4.68 Å². The molecule has 5 rings (SSSR count). The molecule has 1 saturated heterocycles. The molecule has 0 bridgehead atoms. The molecule has 2 N–H and O–H groups in total. The van der Waals surface area contributed by atoms with Gasteiger partial charge in [0.05, 0.1) is 5.69 Å². The molecule has 178 valence electrons. The molecule has 0 aliphatic carbocycles. The van der Waals surface area contributed by atoms with Gasteiger partial charge >= 0.3 is 0 Å². The van der Waals surface area contributed by atoms with Gasteiger partial charge in [-0.05, 0) is 72.5 Å². The van der Waals surface area contributed by atoms with Gasteiger partial charge in [0.25, 0.3) is 5.91 Å². The predicted octanol–water partition coefficient (Wildman–Crippen LogP) is 3.96. The van der Waals surface area contributed by atoms with Crippen molar-refractivity contribution in [2.75, 3.05) is 18.0 Å². The number of hydrogen-bond acceptors (Lipinski definition) is 5. The number of nitrogens with zero attached hydrogens (tertiary/aromatic N) is 4. The number of rotatable bonds is 8. The van der Waals surface area contributed by atoms with E-state index in [-0.39, 0.29) is 5.91 Å². The summed E-state index contributed by atoms with van der Waals surface area (Å²) in [6.45, 7) is 3.35. The lowest BCUT2D eigenvalue weighted by Crippen LogP contribution is -2.42. The lowest BCUT2D eigenvalue weighted by atomic mass is 10.0. The largest absolute Gasteiger partial charge is 0.371 e. The molecule has 0 spiro atoms. The van der Waals surface area contributed by atoms with Gasteiger partial charge in [-0.2, -0.15) is 5.10 Å². The van der Waals surface area contributed by atoms with Gasteiger partial charge in [0.15, 0.2) is 0 Å². The van der Waals surface area contributed by atoms with Crippen molar-refractivity contribution in [2.24, 2.45) is 0 Å². The van der Waals surface area contributed by atoms with E-state index in [4.69, 9.17) is 0 Å². The van der Waals surface area contributed by atoms with Crippen LogP contribution in [0.4, 0.5) is 5.69 Å². The van der Waals surface area contributed by atoms with E-state index >= 15 is 0 Å². The first-order valence-corrected chi connectivity index (χ1v) is 12.1. The molecule has 7 nitrogen and oxygen atoms in total. The topological polar surface area (TPSA) is 75.1 Å². The first kappa shape index (κ1) is 22.8. The van der Waals surface area contributed by atoms with Crippen LogP contribution in [0.15, 0.2) is 91.5 Å². The minimum absolute atomic E-state index is 0.0685. The zero-order valence-electron chi connectivity index (χ0n) is 19.7. The zero-order valence-corrected chi connectivity index (χ0v) is 19.7. The van der Waals surface area contributed by atoms with E-state index in [0.29, 0.717) is 18.2 Å². The van der Waals surface area contributed by atoms with Crippen LogP contribution in [-0.4, -0.2) is 39.8 Å². The Hall–Kier alpha value is -3.97. The Morgan fingerprint density at radius 2 is 1.63 bits per heavy atom. The number of anilines is 1. The Morgan fingerprint density at radius 1 is 0.857 bits per heavy atom. The monoisotopic (exact) mass is 466 g/mol. The van der Waals surface area contributed by atoms with E-state index in [1.165, 1.54) is 11.3 Å². The van der Waals surface area contributed by atoms with Gasteiger partial charge in [-0.3, -0.25) is 9.78 Å². The Kier molecular flexibility index (Phi) is 7.15. The molecular weight excluding hydrogens is 436 g/mol. The van der Waals surface area contributed by atoms with E-state index in [1.807, 2.05) is 53.3 Å². The quantitative estimate of drug-likeness (QED) is 0.411. The molecule has 2 aromatic heterocycles. The highest BCUT2D eigenvalue weighted by Crippen LogP contribution is 2.21. The average molecular weight is 467 g/mol. The fourth-order valence-corrected chi connectivity index (χ4v) is 4.40. The van der Waals surface area contributed by atoms with Crippen molar-refractivity contribution in [3.05, 3.63) is 108 Å². The first-order valence-electron chi connectivity index (χ1n) is 12.1. The lowest BCUT2D eigenvalue weighted by Gasteiger charge is -2.34. The molecule has 0 saturated carbocycles. The van der Waals surface area contributed by atoms with Crippen LogP contribution in [0.2, 0.25) is 0 Å². The summed E-state index contributed by atoms with van der Waals surface area (Å²) in [4.78, 5) is 18.9. The SMILES string of the molecule is O=C(NCc1cccnc1)c1ccc(N2CCC(NCc3ccc(-n4cccn4)cc3)CC2)cc1. The Bertz CT molecular complexity index is 1200. The van der Waals surface area contributed by atoms with Crippen LogP contribution < -0.4 is 15.5 Å². The highest BCUT2D eigenvalue weighted by molar-refractivity contribution is 5.94. The van der Waals surface area contributed by atoms with Crippen molar-refractivity contribution < 1.29 is 4.79 Å². The number of pyridine rings is 1. The van der Waals surface area contributed by atoms with Crippen molar-refractivity contribution in [1.82, 2.24) is 25.4 Å². The highest BCUT2D eigenvalue weighted by Gasteiger charge is 2.19. The number of aromatic nitrogens is 3. The summed E-state index contributed by atoms with van der Waals surface area (Å²) >= 11 is 0. The van der Waals surface area contributed by atoms with Crippen LogP contribution in [0.25, 0.3) is 5.69 Å². The minimum atomic E-state index is -0.0685. The van der Waals surface area contributed by atoms with Crippen molar-refractivity contribution in [1.29, 1.82) is 0 Å². The second-order valence-corrected chi connectivity index (χ2v) is 8.85. The Labute approximate surface area is 205 Å². The lowest BCUT2D eigenvalue weighted by molar-refractivity contribution is 0.0951. The van der Waals surface area contributed by atoms with E-state index < -0.39 is 0 Å². The Morgan fingerprint density at radius 3 is 2.31 bits per heavy atom. The summed E-state index contributed by atoms with van der Waals surface area (Å²) in [5, 5.41) is 10.9. The molecule has 7 heteroatoms. The van der Waals surface area contributed by atoms with Crippen molar-refractivity contribution in [3.63, 3.8) is 0 Å². The summed E-state index contributed by atoms with van der Waals surface area (Å²) in [5.41, 5.74) is 5.18. The van der Waals surface area contributed by atoms with Crippen LogP contribution in [0.5, 0.6) is 0 Å². The fraction of sp³-hybridized carbons (Fsp3) is 0.250. The standard InChI is InChI=1S/C28H30N6O/c35-28(31-21-23-3-1-14-29-19-23)24-6-10-26(11-7-24)33-17-12-25(13-18-33)30-20-22-4-8-27(9-5-22)34-16-2-15-32-34/h1-11,14-16,19,25,30H,12-13,17-18,20-21H2,(H,31,35). The second kappa shape index (κ2) is 11.0. The Balaban J connectivity index is 1.06. The highest BCUT2D eigenvalue weighted by atomic mass is 16.1. The third-order valence-electron chi connectivity index (χ3n) is 6.47. The molecule has 0 atom stereocenters. The van der Waals surface area contributed by atoms with Crippen molar-refractivity contribution in [3.8, 4) is 5.69 Å². The number of nitrogens with one attached hydrogen (secondary N) is 2. The number of carbonyl (C=O) groups is 1. The number of hydrogen-bond donors (Lipinski definition) is 2. The number of carbonyl (C=O) groups excluding carboxylic acids is 1. The molecule has 1 fully saturated rings. The number of amides is 1. The molecule has 0 unspecified atom stereocenters. The molecule has 1 amide bonds. The third-order valence-corrected chi connectivity index (χ3v) is 6.47. The molecular formula is C28H30N6O. The first-order chi connectivity index (χ1) is 17.2. The molecule has 4 aromatic rings. The van der Waals surface area contributed by atoms with Gasteiger partial charge in [0.1, 0.15) is 0 Å². The summed E-state index contributed by atoms with van der Waals surface area (Å²) in [7, 11) is 0. The van der Waals surface area contributed by atoms with Crippen LogP contribution >= 0.6 is 0 Å². The van der Waals surface area contributed by atoms with E-state index in [2.05, 4.69) is 49.9 Å². The van der Waals surface area contributed by atoms with Crippen molar-refractivity contribution >= 4 is 11.6 Å². The molecule has 35 heavy (non-hydrogen) atoms. The molecule has 1 aliphatic heterocycles. The summed E-state index contributed by atoms with van der Waals surface area (Å²) in [6, 6.07) is 22.7. The van der Waals surface area contributed by atoms with E-state index in [1.54, 1.807) is 18.6 Å². The zero-order chi connectivity index (χ0) is 23.9. The van der Waals surface area contributed by atoms with Gasteiger partial charge in [0, 0.05) is 68.3 Å². The fourth-order valence-electron chi connectivity index (χ4n) is 4.40. The van der Waals surface area contributed by atoms with Gasteiger partial charge in [0.2, 0.25) is 0 Å². The van der Waals surface area contributed by atoms with E-state index in [0.717, 1.165) is 43.7 Å². The normalized spacial score (nSPS) is 14.1. The smallest absolute Gasteiger partial charge is 0.251 e. The van der Waals surface area contributed by atoms with Crippen LogP contribution in [0.3, 0.4) is 0 Å². The van der Waals surface area contributed by atoms with Gasteiger partial charge in [-0.1, -0.05) is 18.2 Å². The van der Waals surface area contributed by atoms with E-state index in [9.17, 15) is 4.79 Å². The molecule has 2 aromatic carbocycles. The summed E-state index contributed by atoms with van der Waals surface area (Å²) < 4.78 is 1.87. The molecule has 3 heterocycles. The maximum absolute atomic E-state index is 12.5. The van der Waals surface area contributed by atoms with Gasteiger partial charge < -0.3 is 15.5 Å². The number of piperidine rings is 1. The maximum atomic E-state index is 12.5. The minimum Gasteiger partial charge on any atom is -0.371 e. The average Bonchev–Trinajstić information content (AvgIpc) is 3.47. The molecule has 1 aliphatic rings. The summed E-state index contributed by atoms with van der Waals surface area (Å²) in [5.74, 6) is -0.0685. The predicted molar refractivity (Wildman–Crippen MR) is 137 cm³/mol. The van der Waals surface area contributed by atoms with Gasteiger partial charge in [-0.15, -0.1) is 0 Å². The van der Waals surface area contributed by atoms with Crippen LogP contribution in [0, 0.1) is 0 Å². The third kappa shape index (κ3) is 5.94. The molecule has 0 radical (unpaired) electrons. The van der Waals surface area contributed by atoms with Crippen LogP contribution in [-0.2, 0) is 13.1 Å². The van der Waals surface area contributed by atoms with Crippen molar-refractivity contribution in [2.45, 2.75) is 32.0 Å². The van der Waals surface area contributed by atoms with Crippen LogP contribution in [0.1, 0.15) is 34.3 Å². The summed E-state index contributed by atoms with van der Waals surface area (Å²) in [6.07, 6.45) is 9.42.